The summed E-state index contributed by atoms with van der Waals surface area (Å²) in [4.78, 5) is 0. The van der Waals surface area contributed by atoms with Gasteiger partial charge in [0.1, 0.15) is 0 Å². The summed E-state index contributed by atoms with van der Waals surface area (Å²) in [6.07, 6.45) is 9.04. The van der Waals surface area contributed by atoms with Crippen molar-refractivity contribution in [1.29, 1.82) is 0 Å². The lowest BCUT2D eigenvalue weighted by molar-refractivity contribution is -0.0144. The highest BCUT2D eigenvalue weighted by atomic mass is 79.9. The van der Waals surface area contributed by atoms with Gasteiger partial charge in [0, 0.05) is 4.32 Å². The molecule has 1 heteroatoms. The van der Waals surface area contributed by atoms with E-state index in [2.05, 4.69) is 22.9 Å². The Morgan fingerprint density at radius 1 is 1.15 bits per heavy atom. The van der Waals surface area contributed by atoms with Crippen LogP contribution in [0.2, 0.25) is 0 Å². The summed E-state index contributed by atoms with van der Waals surface area (Å²) in [7, 11) is 0. The lowest BCUT2D eigenvalue weighted by Crippen LogP contribution is -2.53. The predicted octanol–water partition coefficient (Wildman–Crippen LogP) is 3.99. The van der Waals surface area contributed by atoms with Crippen LogP contribution in [0.25, 0.3) is 0 Å². The molecular weight excluding hydrogens is 224 g/mol. The van der Waals surface area contributed by atoms with Crippen molar-refractivity contribution in [3.05, 3.63) is 0 Å². The molecule has 0 N–H and O–H groups in total. The van der Waals surface area contributed by atoms with E-state index in [9.17, 15) is 0 Å². The molecule has 0 radical (unpaired) electrons. The van der Waals surface area contributed by atoms with Crippen molar-refractivity contribution in [2.45, 2.75) is 49.8 Å². The van der Waals surface area contributed by atoms with Gasteiger partial charge in [-0.15, -0.1) is 0 Å². The normalized spacial score (nSPS) is 58.6. The summed E-state index contributed by atoms with van der Waals surface area (Å²) in [6, 6.07) is 0. The van der Waals surface area contributed by atoms with Crippen molar-refractivity contribution < 1.29 is 0 Å². The Morgan fingerprint density at radius 2 is 1.77 bits per heavy atom. The second-order valence-corrected chi connectivity index (χ2v) is 7.24. The third-order valence-electron chi connectivity index (χ3n) is 4.87. The fourth-order valence-corrected chi connectivity index (χ4v) is 6.36. The fourth-order valence-electron chi connectivity index (χ4n) is 4.75. The van der Waals surface area contributed by atoms with E-state index in [4.69, 9.17) is 0 Å². The molecule has 0 aromatic heterocycles. The average molecular weight is 243 g/mol. The molecule has 0 nitrogen and oxygen atoms in total. The molecule has 4 aliphatic rings. The van der Waals surface area contributed by atoms with E-state index in [-0.39, 0.29) is 0 Å². The first-order valence-corrected chi connectivity index (χ1v) is 6.69. The van der Waals surface area contributed by atoms with Crippen molar-refractivity contribution in [1.82, 2.24) is 0 Å². The summed E-state index contributed by atoms with van der Waals surface area (Å²) < 4.78 is 0.580. The Labute approximate surface area is 89.6 Å². The molecule has 0 aromatic carbocycles. The van der Waals surface area contributed by atoms with Crippen LogP contribution in [-0.2, 0) is 0 Å². The van der Waals surface area contributed by atoms with Crippen LogP contribution < -0.4 is 0 Å². The zero-order valence-electron chi connectivity index (χ0n) is 8.43. The molecule has 4 bridgehead atoms. The summed E-state index contributed by atoms with van der Waals surface area (Å²) in [6.45, 7) is 2.38. The number of hydrogen-bond donors (Lipinski definition) is 0. The van der Waals surface area contributed by atoms with Gasteiger partial charge in [-0.3, -0.25) is 0 Å². The number of rotatable bonds is 1. The highest BCUT2D eigenvalue weighted by molar-refractivity contribution is 9.10. The van der Waals surface area contributed by atoms with Crippen molar-refractivity contribution in [2.24, 2.45) is 23.7 Å². The van der Waals surface area contributed by atoms with Gasteiger partial charge in [-0.1, -0.05) is 29.3 Å². The molecule has 13 heavy (non-hydrogen) atoms. The molecule has 0 spiro atoms. The molecule has 4 saturated carbocycles. The first-order valence-electron chi connectivity index (χ1n) is 5.90. The maximum absolute atomic E-state index is 4.08. The molecule has 74 valence electrons. The second kappa shape index (κ2) is 2.74. The molecule has 4 fully saturated rings. The quantitative estimate of drug-likeness (QED) is 0.611. The van der Waals surface area contributed by atoms with Crippen LogP contribution in [-0.4, -0.2) is 4.32 Å². The molecule has 4 rings (SSSR count). The summed E-state index contributed by atoms with van der Waals surface area (Å²) in [5.41, 5.74) is 0. The molecule has 0 saturated heterocycles. The van der Waals surface area contributed by atoms with Gasteiger partial charge in [0.05, 0.1) is 0 Å². The Hall–Kier alpha value is 0.480. The van der Waals surface area contributed by atoms with Crippen molar-refractivity contribution in [3.8, 4) is 0 Å². The number of hydrogen-bond acceptors (Lipinski definition) is 0. The minimum absolute atomic E-state index is 0.580. The zero-order valence-corrected chi connectivity index (χ0v) is 10.0. The second-order valence-electron chi connectivity index (χ2n) is 5.66. The van der Waals surface area contributed by atoms with E-state index in [1.165, 1.54) is 19.3 Å². The van der Waals surface area contributed by atoms with Gasteiger partial charge in [-0.25, -0.2) is 0 Å². The molecule has 0 amide bonds. The number of halogens is 1. The third kappa shape index (κ3) is 1.15. The molecule has 0 aromatic rings. The largest absolute Gasteiger partial charge is 0.0850 e. The summed E-state index contributed by atoms with van der Waals surface area (Å²) in [5, 5.41) is 0. The Bertz CT molecular complexity index is 209. The third-order valence-corrected chi connectivity index (χ3v) is 6.10. The lowest BCUT2D eigenvalue weighted by atomic mass is 9.51. The van der Waals surface area contributed by atoms with Crippen LogP contribution in [0.4, 0.5) is 0 Å². The number of alkyl halides is 1. The van der Waals surface area contributed by atoms with Gasteiger partial charge in [0.2, 0.25) is 0 Å². The highest BCUT2D eigenvalue weighted by Crippen LogP contribution is 2.62. The smallest absolute Gasteiger partial charge is 0.0294 e. The monoisotopic (exact) mass is 242 g/mol. The maximum Gasteiger partial charge on any atom is 0.0294 e. The van der Waals surface area contributed by atoms with E-state index < -0.39 is 0 Å². The predicted molar refractivity (Wildman–Crippen MR) is 59.0 cm³/mol. The van der Waals surface area contributed by atoms with Crippen LogP contribution in [0.15, 0.2) is 0 Å². The lowest BCUT2D eigenvalue weighted by Gasteiger charge is -2.59. The fraction of sp³-hybridized carbons (Fsp3) is 1.00. The first-order chi connectivity index (χ1) is 6.21. The summed E-state index contributed by atoms with van der Waals surface area (Å²) in [5.74, 6) is 4.25. The molecule has 4 aliphatic carbocycles. The molecule has 3 atom stereocenters. The average Bonchev–Trinajstić information content (AvgIpc) is 2.00. The van der Waals surface area contributed by atoms with E-state index in [0.717, 1.165) is 23.7 Å². The molecule has 0 heterocycles. The minimum Gasteiger partial charge on any atom is -0.0850 e. The van der Waals surface area contributed by atoms with Gasteiger partial charge in [0.15, 0.2) is 0 Å². The minimum atomic E-state index is 0.580. The van der Waals surface area contributed by atoms with Gasteiger partial charge in [-0.2, -0.15) is 0 Å². The van der Waals surface area contributed by atoms with Crippen LogP contribution in [0, 0.1) is 23.7 Å². The van der Waals surface area contributed by atoms with Crippen LogP contribution >= 0.6 is 15.9 Å². The Kier molecular flexibility index (Phi) is 1.85. The van der Waals surface area contributed by atoms with E-state index in [1.54, 1.807) is 19.3 Å². The van der Waals surface area contributed by atoms with Gasteiger partial charge in [-0.05, 0) is 55.8 Å². The molecule has 0 aliphatic heterocycles. The standard InChI is InChI=1S/C12H19Br/c1-2-11-10-4-8-3-9(5-10)7-12(11,13)6-8/h8-11H,2-7H2,1H3. The van der Waals surface area contributed by atoms with Crippen molar-refractivity contribution in [2.75, 3.05) is 0 Å². The highest BCUT2D eigenvalue weighted by Gasteiger charge is 2.54. The SMILES string of the molecule is CCC1C2CC3CC(C2)CC1(Br)C3. The van der Waals surface area contributed by atoms with Crippen molar-refractivity contribution >= 4 is 15.9 Å². The van der Waals surface area contributed by atoms with Crippen LogP contribution in [0.1, 0.15) is 45.4 Å². The Balaban J connectivity index is 1.93. The van der Waals surface area contributed by atoms with E-state index >= 15 is 0 Å². The molecule has 3 unspecified atom stereocenters. The van der Waals surface area contributed by atoms with Crippen LogP contribution in [0.3, 0.4) is 0 Å². The maximum atomic E-state index is 4.08. The van der Waals surface area contributed by atoms with E-state index in [0.29, 0.717) is 4.32 Å². The van der Waals surface area contributed by atoms with Gasteiger partial charge in [0.25, 0.3) is 0 Å². The topological polar surface area (TPSA) is 0 Å². The molecular formula is C12H19Br. The van der Waals surface area contributed by atoms with E-state index in [1.807, 2.05) is 0 Å². The van der Waals surface area contributed by atoms with Gasteiger partial charge >= 0.3 is 0 Å². The summed E-state index contributed by atoms with van der Waals surface area (Å²) >= 11 is 4.08. The van der Waals surface area contributed by atoms with Crippen LogP contribution in [0.5, 0.6) is 0 Å². The first kappa shape index (κ1) is 8.76. The van der Waals surface area contributed by atoms with Crippen molar-refractivity contribution in [3.63, 3.8) is 0 Å². The zero-order chi connectivity index (χ0) is 9.05. The Morgan fingerprint density at radius 3 is 2.23 bits per heavy atom. The van der Waals surface area contributed by atoms with Gasteiger partial charge < -0.3 is 0 Å².